The van der Waals surface area contributed by atoms with Crippen LogP contribution in [-0.4, -0.2) is 27.9 Å². The number of hydrogen-bond donors (Lipinski definition) is 2. The molecule has 176 valence electrons. The highest BCUT2D eigenvalue weighted by molar-refractivity contribution is 6.30. The van der Waals surface area contributed by atoms with E-state index in [0.29, 0.717) is 24.4 Å². The van der Waals surface area contributed by atoms with E-state index in [1.807, 2.05) is 42.1 Å². The quantitative estimate of drug-likeness (QED) is 0.564. The van der Waals surface area contributed by atoms with Gasteiger partial charge in [0.25, 0.3) is 0 Å². The van der Waals surface area contributed by atoms with E-state index in [1.165, 1.54) is 19.3 Å². The van der Waals surface area contributed by atoms with Crippen LogP contribution in [-0.2, 0) is 16.6 Å². The Labute approximate surface area is 200 Å². The van der Waals surface area contributed by atoms with E-state index >= 15 is 0 Å². The zero-order chi connectivity index (χ0) is 23.0. The first kappa shape index (κ1) is 22.5. The normalized spacial score (nSPS) is 28.5. The lowest BCUT2D eigenvalue weighted by Crippen LogP contribution is -2.53. The molecule has 1 aromatic heterocycles. The monoisotopic (exact) mass is 468 g/mol. The molecule has 33 heavy (non-hydrogen) atoms. The van der Waals surface area contributed by atoms with E-state index in [-0.39, 0.29) is 23.3 Å². The van der Waals surface area contributed by atoms with Gasteiger partial charge < -0.3 is 15.2 Å². The molecule has 4 bridgehead atoms. The minimum atomic E-state index is -0.351. The highest BCUT2D eigenvalue weighted by Crippen LogP contribution is 2.60. The first-order valence-corrected chi connectivity index (χ1v) is 12.6. The van der Waals surface area contributed by atoms with Crippen LogP contribution in [0.3, 0.4) is 0 Å². The van der Waals surface area contributed by atoms with Gasteiger partial charge in [0.1, 0.15) is 11.9 Å². The van der Waals surface area contributed by atoms with Gasteiger partial charge in [-0.25, -0.2) is 4.98 Å². The first-order valence-electron chi connectivity index (χ1n) is 12.2. The Bertz CT molecular complexity index is 980. The van der Waals surface area contributed by atoms with Gasteiger partial charge in [-0.05, 0) is 80.4 Å². The number of hydrogen-bond acceptors (Lipinski definition) is 3. The fraction of sp³-hybridized carbons (Fsp3) is 0.577. The predicted octanol–water partition coefficient (Wildman–Crippen LogP) is 4.39. The van der Waals surface area contributed by atoms with Crippen molar-refractivity contribution in [1.29, 1.82) is 0 Å². The minimum Gasteiger partial charge on any atom is -0.356 e. The predicted molar refractivity (Wildman–Crippen MR) is 127 cm³/mol. The van der Waals surface area contributed by atoms with Gasteiger partial charge >= 0.3 is 0 Å². The molecule has 4 fully saturated rings. The van der Waals surface area contributed by atoms with E-state index in [9.17, 15) is 9.59 Å². The SMILES string of the molecule is Cn1ccnc1[C@H](NC(=O)CCCNC(=O)C12CC3CC(CC(C3)C1)C2)c1ccc(Cl)cc1. The summed E-state index contributed by atoms with van der Waals surface area (Å²) in [6.07, 6.45) is 11.8. The van der Waals surface area contributed by atoms with Crippen LogP contribution in [0, 0.1) is 23.2 Å². The van der Waals surface area contributed by atoms with Crippen LogP contribution in [0.15, 0.2) is 36.7 Å². The van der Waals surface area contributed by atoms with Gasteiger partial charge in [-0.15, -0.1) is 0 Å². The van der Waals surface area contributed by atoms with Crippen molar-refractivity contribution in [3.05, 3.63) is 53.1 Å². The fourth-order valence-corrected chi connectivity index (χ4v) is 6.99. The molecule has 6 nitrogen and oxygen atoms in total. The molecule has 0 radical (unpaired) electrons. The number of nitrogens with zero attached hydrogens (tertiary/aromatic N) is 2. The van der Waals surface area contributed by atoms with Gasteiger partial charge in [-0.3, -0.25) is 9.59 Å². The van der Waals surface area contributed by atoms with Crippen molar-refractivity contribution in [3.8, 4) is 0 Å². The summed E-state index contributed by atoms with van der Waals surface area (Å²) >= 11 is 6.04. The van der Waals surface area contributed by atoms with Crippen LogP contribution in [0.25, 0.3) is 0 Å². The average Bonchev–Trinajstić information content (AvgIpc) is 3.20. The molecule has 4 saturated carbocycles. The molecule has 2 N–H and O–H groups in total. The number of amides is 2. The maximum Gasteiger partial charge on any atom is 0.226 e. The van der Waals surface area contributed by atoms with Crippen molar-refractivity contribution in [2.45, 2.75) is 57.4 Å². The molecule has 0 unspecified atom stereocenters. The summed E-state index contributed by atoms with van der Waals surface area (Å²) in [6.45, 7) is 0.544. The van der Waals surface area contributed by atoms with Crippen LogP contribution in [0.4, 0.5) is 0 Å². The highest BCUT2D eigenvalue weighted by Gasteiger charge is 2.54. The number of aryl methyl sites for hydroxylation is 1. The van der Waals surface area contributed by atoms with Gasteiger partial charge in [-0.2, -0.15) is 0 Å². The Kier molecular flexibility index (Phi) is 6.21. The Morgan fingerprint density at radius 2 is 1.76 bits per heavy atom. The summed E-state index contributed by atoms with van der Waals surface area (Å²) < 4.78 is 1.91. The number of benzene rings is 1. The van der Waals surface area contributed by atoms with E-state index in [0.717, 1.165) is 48.4 Å². The lowest BCUT2D eigenvalue weighted by Gasteiger charge is -2.55. The van der Waals surface area contributed by atoms with Crippen molar-refractivity contribution in [2.24, 2.45) is 30.2 Å². The molecular weight excluding hydrogens is 436 g/mol. The fourth-order valence-electron chi connectivity index (χ4n) is 6.87. The summed E-state index contributed by atoms with van der Waals surface area (Å²) in [6, 6.07) is 7.11. The maximum absolute atomic E-state index is 13.1. The third-order valence-electron chi connectivity index (χ3n) is 8.01. The molecule has 6 rings (SSSR count). The van der Waals surface area contributed by atoms with Gasteiger partial charge in [0, 0.05) is 42.8 Å². The van der Waals surface area contributed by atoms with Crippen molar-refractivity contribution in [3.63, 3.8) is 0 Å². The lowest BCUT2D eigenvalue weighted by molar-refractivity contribution is -0.146. The van der Waals surface area contributed by atoms with Crippen molar-refractivity contribution >= 4 is 23.4 Å². The zero-order valence-electron chi connectivity index (χ0n) is 19.2. The number of aromatic nitrogens is 2. The molecule has 4 aliphatic rings. The van der Waals surface area contributed by atoms with E-state index in [1.54, 1.807) is 6.20 Å². The van der Waals surface area contributed by atoms with Crippen molar-refractivity contribution in [1.82, 2.24) is 20.2 Å². The molecule has 1 aromatic carbocycles. The number of carbonyl (C=O) groups is 2. The minimum absolute atomic E-state index is 0.0537. The summed E-state index contributed by atoms with van der Waals surface area (Å²) in [5.41, 5.74) is 0.798. The van der Waals surface area contributed by atoms with Crippen LogP contribution < -0.4 is 10.6 Å². The van der Waals surface area contributed by atoms with Crippen LogP contribution in [0.5, 0.6) is 0 Å². The molecule has 4 aliphatic carbocycles. The van der Waals surface area contributed by atoms with Gasteiger partial charge in [0.15, 0.2) is 0 Å². The van der Waals surface area contributed by atoms with Crippen LogP contribution in [0.2, 0.25) is 5.02 Å². The molecule has 0 aliphatic heterocycles. The van der Waals surface area contributed by atoms with Gasteiger partial charge in [-0.1, -0.05) is 23.7 Å². The van der Waals surface area contributed by atoms with Crippen molar-refractivity contribution in [2.75, 3.05) is 6.54 Å². The highest BCUT2D eigenvalue weighted by atomic mass is 35.5. The molecule has 7 heteroatoms. The number of nitrogens with one attached hydrogen (secondary N) is 2. The lowest BCUT2D eigenvalue weighted by atomic mass is 9.49. The molecule has 0 spiro atoms. The van der Waals surface area contributed by atoms with E-state index in [2.05, 4.69) is 15.6 Å². The van der Waals surface area contributed by atoms with Crippen LogP contribution in [0.1, 0.15) is 68.8 Å². The molecule has 2 amide bonds. The van der Waals surface area contributed by atoms with Crippen LogP contribution >= 0.6 is 11.6 Å². The number of halogens is 1. The molecule has 2 aromatic rings. The second kappa shape index (κ2) is 9.13. The topological polar surface area (TPSA) is 76.0 Å². The smallest absolute Gasteiger partial charge is 0.226 e. The Morgan fingerprint density at radius 1 is 1.12 bits per heavy atom. The number of imidazole rings is 1. The summed E-state index contributed by atoms with van der Waals surface area (Å²) in [4.78, 5) is 30.3. The third-order valence-corrected chi connectivity index (χ3v) is 8.26. The van der Waals surface area contributed by atoms with E-state index in [4.69, 9.17) is 11.6 Å². The molecule has 1 atom stereocenters. The third kappa shape index (κ3) is 4.68. The molecule has 0 saturated heterocycles. The Morgan fingerprint density at radius 3 is 2.33 bits per heavy atom. The number of carbonyl (C=O) groups excluding carboxylic acids is 2. The standard InChI is InChI=1S/C26H33ClN4O2/c1-31-10-9-28-24(31)23(20-4-6-21(27)7-5-20)30-22(32)3-2-8-29-25(33)26-14-17-11-18(15-26)13-19(12-17)16-26/h4-7,9-10,17-19,23H,2-3,8,11-16H2,1H3,(H,29,33)(H,30,32)/t17?,18?,19?,23-,26?/m1/s1. The molecule has 1 heterocycles. The largest absolute Gasteiger partial charge is 0.356 e. The zero-order valence-corrected chi connectivity index (χ0v) is 20.0. The summed E-state index contributed by atoms with van der Waals surface area (Å²) in [5.74, 6) is 3.20. The number of rotatable bonds is 8. The summed E-state index contributed by atoms with van der Waals surface area (Å²) in [7, 11) is 1.91. The van der Waals surface area contributed by atoms with E-state index < -0.39 is 0 Å². The Balaban J connectivity index is 1.14. The van der Waals surface area contributed by atoms with Gasteiger partial charge in [0.2, 0.25) is 11.8 Å². The Hall–Kier alpha value is -2.34. The van der Waals surface area contributed by atoms with Crippen molar-refractivity contribution < 1.29 is 9.59 Å². The second-order valence-corrected chi connectivity index (χ2v) is 10.9. The summed E-state index contributed by atoms with van der Waals surface area (Å²) in [5, 5.41) is 6.94. The first-order chi connectivity index (χ1) is 15.9. The molecular formula is C26H33ClN4O2. The average molecular weight is 469 g/mol. The second-order valence-electron chi connectivity index (χ2n) is 10.5. The van der Waals surface area contributed by atoms with Gasteiger partial charge in [0.05, 0.1) is 0 Å². The maximum atomic E-state index is 13.1.